The Labute approximate surface area is 208 Å². The Hall–Kier alpha value is -2.10. The van der Waals surface area contributed by atoms with Crippen molar-refractivity contribution < 1.29 is 13.2 Å². The van der Waals surface area contributed by atoms with Crippen LogP contribution in [0.4, 0.5) is 5.69 Å². The number of nitrogens with one attached hydrogen (secondary N) is 1. The van der Waals surface area contributed by atoms with E-state index in [-0.39, 0.29) is 12.5 Å². The highest BCUT2D eigenvalue weighted by Crippen LogP contribution is 2.26. The summed E-state index contributed by atoms with van der Waals surface area (Å²) in [6.45, 7) is 2.60. The van der Waals surface area contributed by atoms with Crippen LogP contribution in [-0.4, -0.2) is 27.1 Å². The normalized spacial score (nSPS) is 11.2. The molecule has 0 bridgehead atoms. The van der Waals surface area contributed by atoms with Gasteiger partial charge in [0, 0.05) is 20.7 Å². The SMILES string of the molecule is Cc1cc(I)ccc1N(Cc1ccc(C(=O)NCCc2ccc(Cl)cc2)cc1)S(C)(=O)=O. The summed E-state index contributed by atoms with van der Waals surface area (Å²) >= 11 is 8.09. The van der Waals surface area contributed by atoms with Gasteiger partial charge in [0.2, 0.25) is 10.0 Å². The van der Waals surface area contributed by atoms with E-state index in [0.717, 1.165) is 20.3 Å². The largest absolute Gasteiger partial charge is 0.352 e. The number of hydrogen-bond donors (Lipinski definition) is 1. The van der Waals surface area contributed by atoms with Gasteiger partial charge in [-0.05, 0) is 95.1 Å². The van der Waals surface area contributed by atoms with Crippen molar-refractivity contribution in [3.8, 4) is 0 Å². The molecule has 8 heteroatoms. The van der Waals surface area contributed by atoms with Gasteiger partial charge in [-0.25, -0.2) is 8.42 Å². The molecule has 0 aliphatic rings. The zero-order valence-corrected chi connectivity index (χ0v) is 21.5. The Bertz CT molecular complexity index is 1200. The van der Waals surface area contributed by atoms with Crippen LogP contribution in [0.25, 0.3) is 0 Å². The molecule has 0 saturated heterocycles. The van der Waals surface area contributed by atoms with Crippen molar-refractivity contribution in [1.29, 1.82) is 0 Å². The third-order valence-corrected chi connectivity index (χ3v) is 7.03. The monoisotopic (exact) mass is 582 g/mol. The van der Waals surface area contributed by atoms with E-state index in [9.17, 15) is 13.2 Å². The molecule has 0 heterocycles. The Morgan fingerprint density at radius 2 is 1.62 bits per heavy atom. The maximum absolute atomic E-state index is 12.5. The third kappa shape index (κ3) is 6.70. The van der Waals surface area contributed by atoms with E-state index in [4.69, 9.17) is 11.6 Å². The molecule has 5 nitrogen and oxygen atoms in total. The van der Waals surface area contributed by atoms with Crippen molar-refractivity contribution in [2.75, 3.05) is 17.1 Å². The van der Waals surface area contributed by atoms with Crippen molar-refractivity contribution in [3.05, 3.63) is 97.6 Å². The summed E-state index contributed by atoms with van der Waals surface area (Å²) in [5.41, 5.74) is 3.96. The number of halogens is 2. The highest BCUT2D eigenvalue weighted by atomic mass is 127. The second kappa shape index (κ2) is 10.7. The van der Waals surface area contributed by atoms with Crippen molar-refractivity contribution in [3.63, 3.8) is 0 Å². The first-order chi connectivity index (χ1) is 15.1. The molecule has 0 spiro atoms. The molecule has 3 rings (SSSR count). The van der Waals surface area contributed by atoms with Gasteiger partial charge in [0.05, 0.1) is 18.5 Å². The average molecular weight is 583 g/mol. The quantitative estimate of drug-likeness (QED) is 0.372. The molecule has 3 aromatic carbocycles. The fourth-order valence-electron chi connectivity index (χ4n) is 3.28. The summed E-state index contributed by atoms with van der Waals surface area (Å²) in [7, 11) is -3.48. The number of rotatable bonds is 8. The molecule has 3 aromatic rings. The first-order valence-electron chi connectivity index (χ1n) is 9.99. The Balaban J connectivity index is 1.65. The number of carbonyl (C=O) groups is 1. The molecule has 168 valence electrons. The smallest absolute Gasteiger partial charge is 0.251 e. The van der Waals surface area contributed by atoms with Crippen molar-refractivity contribution in [2.24, 2.45) is 0 Å². The highest BCUT2D eigenvalue weighted by Gasteiger charge is 2.20. The molecule has 32 heavy (non-hydrogen) atoms. The van der Waals surface area contributed by atoms with Gasteiger partial charge < -0.3 is 5.32 Å². The highest BCUT2D eigenvalue weighted by molar-refractivity contribution is 14.1. The standard InChI is InChI=1S/C24H24ClIN2O3S/c1-17-15-22(26)11-12-23(17)28(32(2,30)31)16-19-3-7-20(8-4-19)24(29)27-14-13-18-5-9-21(25)10-6-18/h3-12,15H,13-14,16H2,1-2H3,(H,27,29). The molecule has 0 saturated carbocycles. The maximum atomic E-state index is 12.5. The molecule has 0 unspecified atom stereocenters. The predicted octanol–water partition coefficient (Wildman–Crippen LogP) is 5.19. The number of hydrogen-bond acceptors (Lipinski definition) is 3. The Kier molecular flexibility index (Phi) is 8.19. The lowest BCUT2D eigenvalue weighted by Crippen LogP contribution is -2.30. The fraction of sp³-hybridized carbons (Fsp3) is 0.208. The molecular weight excluding hydrogens is 559 g/mol. The van der Waals surface area contributed by atoms with Gasteiger partial charge in [-0.2, -0.15) is 0 Å². The van der Waals surface area contributed by atoms with Crippen LogP contribution in [0.1, 0.15) is 27.0 Å². The summed E-state index contributed by atoms with van der Waals surface area (Å²) in [6.07, 6.45) is 1.91. The predicted molar refractivity (Wildman–Crippen MR) is 139 cm³/mol. The molecule has 0 radical (unpaired) electrons. The minimum absolute atomic E-state index is 0.168. The number of sulfonamides is 1. The van der Waals surface area contributed by atoms with E-state index < -0.39 is 10.0 Å². The fourth-order valence-corrected chi connectivity index (χ4v) is 5.00. The minimum Gasteiger partial charge on any atom is -0.352 e. The van der Waals surface area contributed by atoms with Crippen LogP contribution < -0.4 is 9.62 Å². The second-order valence-electron chi connectivity index (χ2n) is 7.53. The first-order valence-corrected chi connectivity index (χ1v) is 13.3. The molecule has 1 amide bonds. The van der Waals surface area contributed by atoms with Crippen molar-refractivity contribution in [1.82, 2.24) is 5.32 Å². The van der Waals surface area contributed by atoms with E-state index in [2.05, 4.69) is 27.9 Å². The van der Waals surface area contributed by atoms with E-state index in [1.807, 2.05) is 49.4 Å². The van der Waals surface area contributed by atoms with E-state index in [1.54, 1.807) is 24.3 Å². The Morgan fingerprint density at radius 3 is 2.22 bits per heavy atom. The molecule has 0 aliphatic carbocycles. The molecule has 1 N–H and O–H groups in total. The molecule has 0 aliphatic heterocycles. The van der Waals surface area contributed by atoms with Crippen molar-refractivity contribution in [2.45, 2.75) is 19.9 Å². The summed E-state index contributed by atoms with van der Waals surface area (Å²) in [5.74, 6) is -0.168. The summed E-state index contributed by atoms with van der Waals surface area (Å²) in [4.78, 5) is 12.4. The topological polar surface area (TPSA) is 66.5 Å². The summed E-state index contributed by atoms with van der Waals surface area (Å²) < 4.78 is 27.3. The van der Waals surface area contributed by atoms with Gasteiger partial charge >= 0.3 is 0 Å². The lowest BCUT2D eigenvalue weighted by atomic mass is 10.1. The van der Waals surface area contributed by atoms with Crippen LogP contribution in [0, 0.1) is 10.5 Å². The minimum atomic E-state index is -3.48. The van der Waals surface area contributed by atoms with Gasteiger partial charge in [0.25, 0.3) is 5.91 Å². The number of carbonyl (C=O) groups excluding carboxylic acids is 1. The third-order valence-electron chi connectivity index (χ3n) is 4.98. The zero-order valence-electron chi connectivity index (χ0n) is 17.8. The number of anilines is 1. The van der Waals surface area contributed by atoms with Crippen LogP contribution in [0.2, 0.25) is 5.02 Å². The van der Waals surface area contributed by atoms with Crippen LogP contribution >= 0.6 is 34.2 Å². The number of aryl methyl sites for hydroxylation is 1. The van der Waals surface area contributed by atoms with Gasteiger partial charge in [-0.15, -0.1) is 0 Å². The number of benzene rings is 3. The molecule has 0 aromatic heterocycles. The number of nitrogens with zero attached hydrogens (tertiary/aromatic N) is 1. The first kappa shape index (κ1) is 24.5. The zero-order chi connectivity index (χ0) is 23.3. The number of amides is 1. The molecular formula is C24H24ClIN2O3S. The lowest BCUT2D eigenvalue weighted by Gasteiger charge is -2.24. The van der Waals surface area contributed by atoms with Gasteiger partial charge in [0.1, 0.15) is 0 Å². The van der Waals surface area contributed by atoms with Gasteiger partial charge in [-0.1, -0.05) is 35.9 Å². The summed E-state index contributed by atoms with van der Waals surface area (Å²) in [5, 5.41) is 3.59. The van der Waals surface area contributed by atoms with Crippen LogP contribution in [0.3, 0.4) is 0 Å². The lowest BCUT2D eigenvalue weighted by molar-refractivity contribution is 0.0954. The van der Waals surface area contributed by atoms with E-state index in [0.29, 0.717) is 29.2 Å². The van der Waals surface area contributed by atoms with Gasteiger partial charge in [-0.3, -0.25) is 9.10 Å². The van der Waals surface area contributed by atoms with E-state index >= 15 is 0 Å². The molecule has 0 fully saturated rings. The maximum Gasteiger partial charge on any atom is 0.251 e. The van der Waals surface area contributed by atoms with Crippen LogP contribution in [0.15, 0.2) is 66.7 Å². The van der Waals surface area contributed by atoms with Crippen LogP contribution in [0.5, 0.6) is 0 Å². The van der Waals surface area contributed by atoms with Gasteiger partial charge in [0.15, 0.2) is 0 Å². The molecule has 0 atom stereocenters. The second-order valence-corrected chi connectivity index (χ2v) is 11.1. The summed E-state index contributed by atoms with van der Waals surface area (Å²) in [6, 6.07) is 20.2. The Morgan fingerprint density at radius 1 is 1.00 bits per heavy atom. The van der Waals surface area contributed by atoms with Crippen LogP contribution in [-0.2, 0) is 23.0 Å². The average Bonchev–Trinajstić information content (AvgIpc) is 2.73. The van der Waals surface area contributed by atoms with E-state index in [1.165, 1.54) is 10.6 Å². The van der Waals surface area contributed by atoms with Crippen molar-refractivity contribution >= 4 is 55.8 Å².